The minimum absolute atomic E-state index is 0.0380. The Kier molecular flexibility index (Phi) is 6.21. The van der Waals surface area contributed by atoms with Crippen LogP contribution in [0.3, 0.4) is 0 Å². The molecule has 1 aromatic carbocycles. The number of nitrogens with two attached hydrogens (primary N) is 1. The molecule has 0 spiro atoms. The quantitative estimate of drug-likeness (QED) is 0.744. The van der Waals surface area contributed by atoms with Crippen LogP contribution < -0.4 is 15.8 Å². The van der Waals surface area contributed by atoms with Crippen LogP contribution in [0.5, 0.6) is 5.75 Å². The van der Waals surface area contributed by atoms with Crippen LogP contribution in [0.4, 0.5) is 4.79 Å². The molecule has 2 aliphatic rings. The Bertz CT molecular complexity index is 809. The molecule has 1 unspecified atom stereocenters. The van der Waals surface area contributed by atoms with Crippen molar-refractivity contribution in [1.29, 1.82) is 0 Å². The van der Waals surface area contributed by atoms with Crippen LogP contribution in [0, 0.1) is 0 Å². The highest BCUT2D eigenvalue weighted by Crippen LogP contribution is 2.23. The van der Waals surface area contributed by atoms with Gasteiger partial charge in [-0.15, -0.1) is 0 Å². The van der Waals surface area contributed by atoms with E-state index in [-0.39, 0.29) is 25.2 Å². The van der Waals surface area contributed by atoms with Crippen molar-refractivity contribution < 1.29 is 22.7 Å². The van der Waals surface area contributed by atoms with E-state index in [0.717, 1.165) is 41.1 Å². The highest BCUT2D eigenvalue weighted by molar-refractivity contribution is 7.88. The number of carbonyl (C=O) groups is 2. The van der Waals surface area contributed by atoms with E-state index in [9.17, 15) is 18.0 Å². The molecule has 1 aliphatic heterocycles. The maximum absolute atomic E-state index is 12.9. The van der Waals surface area contributed by atoms with Gasteiger partial charge < -0.3 is 15.8 Å². The highest BCUT2D eigenvalue weighted by atomic mass is 32.2. The predicted molar refractivity (Wildman–Crippen MR) is 103 cm³/mol. The van der Waals surface area contributed by atoms with Gasteiger partial charge in [-0.1, -0.05) is 18.2 Å². The minimum atomic E-state index is -3.68. The molecule has 28 heavy (non-hydrogen) atoms. The number of amides is 2. The number of nitrogens with zero attached hydrogens (tertiary/aromatic N) is 2. The van der Waals surface area contributed by atoms with Crippen LogP contribution in [0.1, 0.15) is 25.7 Å². The summed E-state index contributed by atoms with van der Waals surface area (Å²) < 4.78 is 30.7. The van der Waals surface area contributed by atoms with Gasteiger partial charge in [0.25, 0.3) is 5.91 Å². The zero-order valence-electron chi connectivity index (χ0n) is 15.8. The summed E-state index contributed by atoms with van der Waals surface area (Å²) >= 11 is 0. The van der Waals surface area contributed by atoms with Gasteiger partial charge in [0.15, 0.2) is 6.17 Å². The second-order valence-electron chi connectivity index (χ2n) is 7.24. The van der Waals surface area contributed by atoms with Crippen molar-refractivity contribution in [2.45, 2.75) is 43.9 Å². The summed E-state index contributed by atoms with van der Waals surface area (Å²) in [6.07, 6.45) is 2.06. The molecule has 1 aromatic rings. The van der Waals surface area contributed by atoms with Gasteiger partial charge in [-0.05, 0) is 37.8 Å². The third kappa shape index (κ3) is 4.81. The number of ether oxygens (including phenoxy) is 1. The van der Waals surface area contributed by atoms with Crippen molar-refractivity contribution >= 4 is 22.0 Å². The van der Waals surface area contributed by atoms with E-state index >= 15 is 0 Å². The Morgan fingerprint density at radius 2 is 1.75 bits per heavy atom. The van der Waals surface area contributed by atoms with Gasteiger partial charge in [-0.25, -0.2) is 13.2 Å². The van der Waals surface area contributed by atoms with Crippen LogP contribution in [0.25, 0.3) is 0 Å². The van der Waals surface area contributed by atoms with E-state index in [2.05, 4.69) is 5.32 Å². The Morgan fingerprint density at radius 1 is 1.11 bits per heavy atom. The van der Waals surface area contributed by atoms with E-state index < -0.39 is 28.2 Å². The fraction of sp³-hybridized carbons (Fsp3) is 0.556. The van der Waals surface area contributed by atoms with Crippen LogP contribution >= 0.6 is 0 Å². The molecule has 2 fully saturated rings. The lowest BCUT2D eigenvalue weighted by Crippen LogP contribution is -2.56. The van der Waals surface area contributed by atoms with Crippen molar-refractivity contribution in [2.24, 2.45) is 5.73 Å². The molecule has 1 aliphatic carbocycles. The van der Waals surface area contributed by atoms with Gasteiger partial charge in [0.1, 0.15) is 5.75 Å². The van der Waals surface area contributed by atoms with Crippen LogP contribution in [0.15, 0.2) is 30.3 Å². The van der Waals surface area contributed by atoms with Crippen LogP contribution in [-0.2, 0) is 14.8 Å². The van der Waals surface area contributed by atoms with Crippen molar-refractivity contribution in [3.63, 3.8) is 0 Å². The lowest BCUT2D eigenvalue weighted by atomic mass is 9.92. The van der Waals surface area contributed by atoms with E-state index in [1.54, 1.807) is 30.3 Å². The molecule has 0 radical (unpaired) electrons. The number of hydrogen-bond acceptors (Lipinski definition) is 6. The van der Waals surface area contributed by atoms with Crippen molar-refractivity contribution in [3.8, 4) is 5.75 Å². The van der Waals surface area contributed by atoms with Crippen LogP contribution in [0.2, 0.25) is 0 Å². The average molecular weight is 410 g/mol. The molecule has 154 valence electrons. The third-order valence-corrected chi connectivity index (χ3v) is 6.33. The number of carbonyl (C=O) groups excluding carboxylic acids is 2. The maximum atomic E-state index is 12.9. The number of nitrogens with one attached hydrogen (secondary N) is 1. The lowest BCUT2D eigenvalue weighted by Gasteiger charge is -2.31. The van der Waals surface area contributed by atoms with Crippen molar-refractivity contribution in [2.75, 3.05) is 19.3 Å². The zero-order chi connectivity index (χ0) is 20.3. The topological polar surface area (TPSA) is 122 Å². The molecule has 2 amide bonds. The van der Waals surface area contributed by atoms with E-state index in [1.165, 1.54) is 0 Å². The fourth-order valence-electron chi connectivity index (χ4n) is 3.60. The molecule has 1 heterocycles. The molecule has 3 N–H and O–H groups in total. The van der Waals surface area contributed by atoms with Crippen LogP contribution in [-0.4, -0.2) is 67.2 Å². The molecule has 9 nitrogen and oxygen atoms in total. The third-order valence-electron chi connectivity index (χ3n) is 5.09. The predicted octanol–water partition coefficient (Wildman–Crippen LogP) is 0.475. The number of para-hydroxylation sites is 1. The second kappa shape index (κ2) is 8.46. The largest absolute Gasteiger partial charge is 0.417 e. The summed E-state index contributed by atoms with van der Waals surface area (Å²) in [6, 6.07) is 8.49. The molecule has 0 bridgehead atoms. The summed E-state index contributed by atoms with van der Waals surface area (Å²) in [5.74, 6) is -0.195. The van der Waals surface area contributed by atoms with Gasteiger partial charge >= 0.3 is 6.09 Å². The van der Waals surface area contributed by atoms with E-state index in [0.29, 0.717) is 5.75 Å². The lowest BCUT2D eigenvalue weighted by molar-refractivity contribution is -0.128. The van der Waals surface area contributed by atoms with Gasteiger partial charge in [0.05, 0.1) is 6.26 Å². The standard InChI is InChI=1S/C18H26N4O5S/c1-28(25,26)22-12-11-21(18(24)27-15-5-3-2-4-6-15)17(22)16(23)20-14-9-7-13(19)8-10-14/h2-6,13-14,17H,7-12,19H2,1H3,(H,20,23). The molecular weight excluding hydrogens is 384 g/mol. The maximum Gasteiger partial charge on any atom is 0.417 e. The summed E-state index contributed by atoms with van der Waals surface area (Å²) in [5, 5.41) is 2.88. The number of sulfonamides is 1. The summed E-state index contributed by atoms with van der Waals surface area (Å²) in [5.41, 5.74) is 5.89. The number of rotatable bonds is 4. The molecule has 1 saturated carbocycles. The van der Waals surface area contributed by atoms with Crippen molar-refractivity contribution in [1.82, 2.24) is 14.5 Å². The van der Waals surface area contributed by atoms with Gasteiger partial charge in [0.2, 0.25) is 10.0 Å². The SMILES string of the molecule is CS(=O)(=O)N1CCN(C(=O)Oc2ccccc2)C1C(=O)NC1CCC(N)CC1. The minimum Gasteiger partial charge on any atom is -0.410 e. The molecule has 1 atom stereocenters. The highest BCUT2D eigenvalue weighted by Gasteiger charge is 2.46. The average Bonchev–Trinajstić information content (AvgIpc) is 3.10. The first-order valence-electron chi connectivity index (χ1n) is 9.32. The second-order valence-corrected chi connectivity index (χ2v) is 9.18. The number of benzene rings is 1. The summed E-state index contributed by atoms with van der Waals surface area (Å²) in [6.45, 7) is 0.114. The van der Waals surface area contributed by atoms with Crippen molar-refractivity contribution in [3.05, 3.63) is 30.3 Å². The normalized spacial score (nSPS) is 26.1. The molecule has 0 aromatic heterocycles. The van der Waals surface area contributed by atoms with Gasteiger partial charge in [0, 0.05) is 25.2 Å². The molecular formula is C18H26N4O5S. The summed E-state index contributed by atoms with van der Waals surface area (Å²) in [7, 11) is -3.68. The number of hydrogen-bond donors (Lipinski definition) is 2. The Balaban J connectivity index is 1.75. The molecule has 10 heteroatoms. The smallest absolute Gasteiger partial charge is 0.410 e. The molecule has 3 rings (SSSR count). The monoisotopic (exact) mass is 410 g/mol. The Morgan fingerprint density at radius 3 is 2.36 bits per heavy atom. The first-order valence-corrected chi connectivity index (χ1v) is 11.2. The molecule has 1 saturated heterocycles. The van der Waals surface area contributed by atoms with E-state index in [1.807, 2.05) is 0 Å². The fourth-order valence-corrected chi connectivity index (χ4v) is 4.59. The first-order chi connectivity index (χ1) is 13.3. The van der Waals surface area contributed by atoms with E-state index in [4.69, 9.17) is 10.5 Å². The van der Waals surface area contributed by atoms with Gasteiger partial charge in [-0.2, -0.15) is 4.31 Å². The zero-order valence-corrected chi connectivity index (χ0v) is 16.6. The van der Waals surface area contributed by atoms with Gasteiger partial charge in [-0.3, -0.25) is 9.69 Å². The summed E-state index contributed by atoms with van der Waals surface area (Å²) in [4.78, 5) is 26.7. The Hall–Kier alpha value is -2.17. The Labute approximate surface area is 164 Å². The first kappa shape index (κ1) is 20.6.